The summed E-state index contributed by atoms with van der Waals surface area (Å²) in [6, 6.07) is 18.3. The molecule has 0 bridgehead atoms. The van der Waals surface area contributed by atoms with E-state index >= 15 is 0 Å². The average Bonchev–Trinajstić information content (AvgIpc) is 3.42. The molecule has 0 saturated heterocycles. The lowest BCUT2D eigenvalue weighted by Gasteiger charge is -2.26. The molecule has 0 amide bonds. The molecule has 2 aromatic heterocycles. The van der Waals surface area contributed by atoms with Crippen LogP contribution in [-0.4, -0.2) is 20.2 Å². The van der Waals surface area contributed by atoms with Gasteiger partial charge in [0.1, 0.15) is 18.7 Å². The number of nitrogens with zero attached hydrogens (tertiary/aromatic N) is 3. The SMILES string of the molecule is CC1(c2cccc(OCc3cccnc3)c2)NNc2ccc(-c3ncn[nH]3)cc21. The van der Waals surface area contributed by atoms with Gasteiger partial charge in [-0.25, -0.2) is 10.4 Å². The van der Waals surface area contributed by atoms with Gasteiger partial charge in [-0.2, -0.15) is 5.10 Å². The van der Waals surface area contributed by atoms with Gasteiger partial charge in [0.05, 0.1) is 11.2 Å². The van der Waals surface area contributed by atoms with Gasteiger partial charge in [0.2, 0.25) is 0 Å². The van der Waals surface area contributed by atoms with Crippen LogP contribution < -0.4 is 15.6 Å². The molecule has 0 saturated carbocycles. The number of H-pyrrole nitrogens is 1. The van der Waals surface area contributed by atoms with Gasteiger partial charge in [-0.05, 0) is 48.9 Å². The number of nitrogens with one attached hydrogen (secondary N) is 3. The van der Waals surface area contributed by atoms with Crippen molar-refractivity contribution in [2.45, 2.75) is 19.1 Å². The van der Waals surface area contributed by atoms with Crippen molar-refractivity contribution in [2.75, 3.05) is 5.43 Å². The number of benzene rings is 2. The van der Waals surface area contributed by atoms with Gasteiger partial charge in [0.25, 0.3) is 0 Å². The van der Waals surface area contributed by atoms with Crippen LogP contribution in [0.4, 0.5) is 5.69 Å². The minimum absolute atomic E-state index is 0.418. The van der Waals surface area contributed by atoms with Gasteiger partial charge in [-0.3, -0.25) is 10.1 Å². The fourth-order valence-electron chi connectivity index (χ4n) is 3.59. The summed E-state index contributed by atoms with van der Waals surface area (Å²) in [6.07, 6.45) is 5.09. The molecule has 3 heterocycles. The van der Waals surface area contributed by atoms with E-state index in [1.165, 1.54) is 6.33 Å². The molecule has 4 aromatic rings. The van der Waals surface area contributed by atoms with Crippen LogP contribution in [0.3, 0.4) is 0 Å². The van der Waals surface area contributed by atoms with Gasteiger partial charge in [-0.1, -0.05) is 18.2 Å². The number of rotatable bonds is 5. The van der Waals surface area contributed by atoms with Crippen molar-refractivity contribution in [3.63, 3.8) is 0 Å². The molecule has 0 fully saturated rings. The molecule has 1 atom stereocenters. The smallest absolute Gasteiger partial charge is 0.155 e. The molecule has 1 unspecified atom stereocenters. The molecular formula is C22H20N6O. The highest BCUT2D eigenvalue weighted by Gasteiger charge is 2.36. The zero-order valence-electron chi connectivity index (χ0n) is 15.9. The van der Waals surface area contributed by atoms with Gasteiger partial charge >= 0.3 is 0 Å². The van der Waals surface area contributed by atoms with Crippen LogP contribution in [0.1, 0.15) is 23.6 Å². The summed E-state index contributed by atoms with van der Waals surface area (Å²) < 4.78 is 6.00. The van der Waals surface area contributed by atoms with E-state index in [9.17, 15) is 0 Å². The Kier molecular flexibility index (Phi) is 4.22. The van der Waals surface area contributed by atoms with Gasteiger partial charge in [-0.15, -0.1) is 0 Å². The molecule has 7 heteroatoms. The Morgan fingerprint density at radius 1 is 1.07 bits per heavy atom. The number of fused-ring (bicyclic) bond motifs is 1. The van der Waals surface area contributed by atoms with Crippen LogP contribution in [0, 0.1) is 0 Å². The van der Waals surface area contributed by atoms with Crippen molar-refractivity contribution >= 4 is 5.69 Å². The molecule has 1 aliphatic rings. The predicted octanol–water partition coefficient (Wildman–Crippen LogP) is 3.64. The molecule has 0 aliphatic carbocycles. The fraction of sp³-hybridized carbons (Fsp3) is 0.136. The second kappa shape index (κ2) is 7.03. The lowest BCUT2D eigenvalue weighted by atomic mass is 9.84. The third-order valence-corrected chi connectivity index (χ3v) is 5.23. The largest absolute Gasteiger partial charge is 0.489 e. The topological polar surface area (TPSA) is 87.8 Å². The quantitative estimate of drug-likeness (QED) is 0.487. The summed E-state index contributed by atoms with van der Waals surface area (Å²) in [5.41, 5.74) is 11.6. The molecule has 2 aromatic carbocycles. The van der Waals surface area contributed by atoms with E-state index in [1.807, 2.05) is 42.6 Å². The third-order valence-electron chi connectivity index (χ3n) is 5.23. The highest BCUT2D eigenvalue weighted by Crippen LogP contribution is 2.41. The first-order valence-electron chi connectivity index (χ1n) is 9.38. The van der Waals surface area contributed by atoms with Gasteiger partial charge < -0.3 is 10.2 Å². The molecule has 144 valence electrons. The molecule has 0 radical (unpaired) electrons. The van der Waals surface area contributed by atoms with E-state index in [2.05, 4.69) is 56.1 Å². The van der Waals surface area contributed by atoms with Crippen molar-refractivity contribution in [1.82, 2.24) is 25.6 Å². The maximum Gasteiger partial charge on any atom is 0.155 e. The standard InChI is InChI=1S/C22H20N6O/c1-22(17-5-2-6-18(11-17)29-13-15-4-3-9-23-12-15)19-10-16(21-24-14-25-27-21)7-8-20(19)26-28-22/h2-12,14,26,28H,13H2,1H3,(H,24,25,27). The predicted molar refractivity (Wildman–Crippen MR) is 110 cm³/mol. The van der Waals surface area contributed by atoms with E-state index in [-0.39, 0.29) is 0 Å². The zero-order valence-corrected chi connectivity index (χ0v) is 15.9. The number of aromatic nitrogens is 4. The molecule has 5 rings (SSSR count). The van der Waals surface area contributed by atoms with E-state index < -0.39 is 5.54 Å². The van der Waals surface area contributed by atoms with Crippen molar-refractivity contribution in [2.24, 2.45) is 0 Å². The minimum atomic E-state index is -0.418. The lowest BCUT2D eigenvalue weighted by Crippen LogP contribution is -2.37. The van der Waals surface area contributed by atoms with Crippen LogP contribution in [0.15, 0.2) is 73.3 Å². The van der Waals surface area contributed by atoms with Crippen molar-refractivity contribution in [3.8, 4) is 17.1 Å². The number of hydrogen-bond donors (Lipinski definition) is 3. The Bertz CT molecular complexity index is 1130. The normalized spacial score (nSPS) is 17.6. The third kappa shape index (κ3) is 3.21. The monoisotopic (exact) mass is 384 g/mol. The first-order valence-corrected chi connectivity index (χ1v) is 9.38. The van der Waals surface area contributed by atoms with Crippen molar-refractivity contribution in [1.29, 1.82) is 0 Å². The van der Waals surface area contributed by atoms with E-state index in [1.54, 1.807) is 6.20 Å². The summed E-state index contributed by atoms with van der Waals surface area (Å²) in [5.74, 6) is 1.56. The molecule has 7 nitrogen and oxygen atoms in total. The summed E-state index contributed by atoms with van der Waals surface area (Å²) in [6.45, 7) is 2.63. The maximum atomic E-state index is 6.00. The highest BCUT2D eigenvalue weighted by molar-refractivity contribution is 5.69. The molecule has 29 heavy (non-hydrogen) atoms. The molecule has 0 spiro atoms. The maximum absolute atomic E-state index is 6.00. The number of ether oxygens (including phenoxy) is 1. The number of anilines is 1. The van der Waals surface area contributed by atoms with Crippen molar-refractivity contribution < 1.29 is 4.74 Å². The van der Waals surface area contributed by atoms with E-state index in [4.69, 9.17) is 4.74 Å². The summed E-state index contributed by atoms with van der Waals surface area (Å²) in [5, 5.41) is 6.88. The Balaban J connectivity index is 1.45. The van der Waals surface area contributed by atoms with Gasteiger partial charge in [0.15, 0.2) is 5.82 Å². The average molecular weight is 384 g/mol. The van der Waals surface area contributed by atoms with E-state index in [0.29, 0.717) is 6.61 Å². The summed E-state index contributed by atoms with van der Waals surface area (Å²) in [7, 11) is 0. The Morgan fingerprint density at radius 2 is 2.03 bits per heavy atom. The highest BCUT2D eigenvalue weighted by atomic mass is 16.5. The summed E-state index contributed by atoms with van der Waals surface area (Å²) in [4.78, 5) is 8.40. The second-order valence-corrected chi connectivity index (χ2v) is 7.15. The van der Waals surface area contributed by atoms with Gasteiger partial charge in [0, 0.05) is 29.1 Å². The minimum Gasteiger partial charge on any atom is -0.489 e. The number of hydrogen-bond acceptors (Lipinski definition) is 6. The summed E-state index contributed by atoms with van der Waals surface area (Å²) >= 11 is 0. The molecule has 3 N–H and O–H groups in total. The van der Waals surface area contributed by atoms with Crippen LogP contribution in [-0.2, 0) is 12.1 Å². The Hall–Kier alpha value is -3.71. The van der Waals surface area contributed by atoms with Crippen LogP contribution in [0.25, 0.3) is 11.4 Å². The zero-order chi connectivity index (χ0) is 19.7. The second-order valence-electron chi connectivity index (χ2n) is 7.15. The first kappa shape index (κ1) is 17.4. The van der Waals surface area contributed by atoms with Crippen LogP contribution >= 0.6 is 0 Å². The van der Waals surface area contributed by atoms with Crippen LogP contribution in [0.2, 0.25) is 0 Å². The first-order chi connectivity index (χ1) is 14.2. The molecular weight excluding hydrogens is 364 g/mol. The number of pyridine rings is 1. The van der Waals surface area contributed by atoms with E-state index in [0.717, 1.165) is 39.5 Å². The molecule has 1 aliphatic heterocycles. The fourth-order valence-corrected chi connectivity index (χ4v) is 3.59. The Morgan fingerprint density at radius 3 is 2.86 bits per heavy atom. The van der Waals surface area contributed by atoms with Crippen LogP contribution in [0.5, 0.6) is 5.75 Å². The van der Waals surface area contributed by atoms with Crippen molar-refractivity contribution in [3.05, 3.63) is 90.0 Å². The lowest BCUT2D eigenvalue weighted by molar-refractivity contribution is 0.304. The number of hydrazine groups is 1. The number of aromatic amines is 1. The Labute approximate surface area is 168 Å².